The summed E-state index contributed by atoms with van der Waals surface area (Å²) in [7, 11) is 0. The maximum Gasteiger partial charge on any atom is 0.0613 e. The molecule has 0 aliphatic heterocycles. The summed E-state index contributed by atoms with van der Waals surface area (Å²) in [5.41, 5.74) is 2.97. The Morgan fingerprint density at radius 3 is 2.59 bits per heavy atom. The maximum absolute atomic E-state index is 9.44. The molecule has 2 N–H and O–H groups in total. The molecule has 2 aliphatic carbocycles. The summed E-state index contributed by atoms with van der Waals surface area (Å²) < 4.78 is 0. The lowest BCUT2D eigenvalue weighted by atomic mass is 9.77. The first kappa shape index (κ1) is 11.2. The number of aliphatic hydroxyl groups is 1. The van der Waals surface area contributed by atoms with Crippen molar-refractivity contribution in [3.8, 4) is 0 Å². The lowest BCUT2D eigenvalue weighted by Crippen LogP contribution is -2.53. The second kappa shape index (κ2) is 4.43. The number of benzene rings is 1. The molecule has 0 radical (unpaired) electrons. The van der Waals surface area contributed by atoms with Crippen molar-refractivity contribution in [2.45, 2.75) is 50.1 Å². The largest absolute Gasteiger partial charge is 0.394 e. The molecule has 2 fully saturated rings. The number of hydrogen-bond donors (Lipinski definition) is 2. The second-order valence-corrected chi connectivity index (χ2v) is 5.62. The zero-order valence-electron chi connectivity index (χ0n) is 10.3. The summed E-state index contributed by atoms with van der Waals surface area (Å²) in [5.74, 6) is 0.805. The molecule has 0 aromatic heterocycles. The molecule has 0 spiro atoms. The van der Waals surface area contributed by atoms with E-state index in [0.717, 1.165) is 25.3 Å². The van der Waals surface area contributed by atoms with Crippen molar-refractivity contribution in [1.82, 2.24) is 5.32 Å². The van der Waals surface area contributed by atoms with Gasteiger partial charge in [0.25, 0.3) is 0 Å². The summed E-state index contributed by atoms with van der Waals surface area (Å²) in [6, 6.07) is 8.75. The van der Waals surface area contributed by atoms with Crippen molar-refractivity contribution >= 4 is 0 Å². The van der Waals surface area contributed by atoms with Crippen LogP contribution in [0.25, 0.3) is 0 Å². The van der Waals surface area contributed by atoms with E-state index in [9.17, 15) is 5.11 Å². The van der Waals surface area contributed by atoms with Gasteiger partial charge in [-0.15, -0.1) is 0 Å². The van der Waals surface area contributed by atoms with Gasteiger partial charge in [0.2, 0.25) is 0 Å². The predicted octanol–water partition coefficient (Wildman–Crippen LogP) is 2.57. The van der Waals surface area contributed by atoms with Crippen LogP contribution in [-0.4, -0.2) is 17.3 Å². The lowest BCUT2D eigenvalue weighted by Gasteiger charge is -2.41. The van der Waals surface area contributed by atoms with Gasteiger partial charge in [-0.25, -0.2) is 0 Å². The highest BCUT2D eigenvalue weighted by atomic mass is 16.3. The third kappa shape index (κ3) is 2.24. The van der Waals surface area contributed by atoms with Gasteiger partial charge in [0.15, 0.2) is 0 Å². The fraction of sp³-hybridized carbons (Fsp3) is 0.600. The summed E-state index contributed by atoms with van der Waals surface area (Å²) in [5, 5.41) is 13.0. The van der Waals surface area contributed by atoms with Crippen LogP contribution in [0.2, 0.25) is 0 Å². The number of hydrogen-bond acceptors (Lipinski definition) is 2. The van der Waals surface area contributed by atoms with Gasteiger partial charge < -0.3 is 10.4 Å². The van der Waals surface area contributed by atoms with Gasteiger partial charge in [-0.3, -0.25) is 0 Å². The molecule has 2 heteroatoms. The van der Waals surface area contributed by atoms with E-state index in [0.29, 0.717) is 0 Å². The molecule has 0 unspecified atom stereocenters. The van der Waals surface area contributed by atoms with E-state index in [1.807, 2.05) is 0 Å². The van der Waals surface area contributed by atoms with Crippen LogP contribution in [0.1, 0.15) is 49.1 Å². The van der Waals surface area contributed by atoms with E-state index < -0.39 is 0 Å². The summed E-state index contributed by atoms with van der Waals surface area (Å²) in [6.45, 7) is 1.19. The van der Waals surface area contributed by atoms with E-state index in [1.54, 1.807) is 0 Å². The van der Waals surface area contributed by atoms with Crippen LogP contribution < -0.4 is 5.32 Å². The first-order valence-corrected chi connectivity index (χ1v) is 6.77. The summed E-state index contributed by atoms with van der Waals surface area (Å²) >= 11 is 0. The van der Waals surface area contributed by atoms with E-state index in [1.165, 1.54) is 30.4 Å². The van der Waals surface area contributed by atoms with Crippen LogP contribution in [0.15, 0.2) is 24.3 Å². The van der Waals surface area contributed by atoms with Crippen LogP contribution in [0.4, 0.5) is 0 Å². The monoisotopic (exact) mass is 231 g/mol. The second-order valence-electron chi connectivity index (χ2n) is 5.62. The lowest BCUT2D eigenvalue weighted by molar-refractivity contribution is 0.0871. The standard InChI is InChI=1S/C15H21NO/c17-11-15(8-3-9-15)16-10-13-4-1-2-5-14(13)12-6-7-12/h1-2,4-5,12,16-17H,3,6-11H2. The minimum Gasteiger partial charge on any atom is -0.394 e. The molecule has 0 bridgehead atoms. The molecule has 0 atom stereocenters. The molecule has 1 aromatic rings. The van der Waals surface area contributed by atoms with Crippen LogP contribution in [0, 0.1) is 0 Å². The van der Waals surface area contributed by atoms with Crippen molar-refractivity contribution in [1.29, 1.82) is 0 Å². The Balaban J connectivity index is 1.68. The quantitative estimate of drug-likeness (QED) is 0.816. The molecule has 2 aliphatic rings. The highest BCUT2D eigenvalue weighted by Gasteiger charge is 2.36. The Hall–Kier alpha value is -0.860. The Kier molecular flexibility index (Phi) is 2.93. The average Bonchev–Trinajstić information content (AvgIpc) is 3.13. The highest BCUT2D eigenvalue weighted by molar-refractivity contribution is 5.33. The molecule has 0 saturated heterocycles. The van der Waals surface area contributed by atoms with Gasteiger partial charge in [0.05, 0.1) is 6.61 Å². The summed E-state index contributed by atoms with van der Waals surface area (Å²) in [4.78, 5) is 0. The van der Waals surface area contributed by atoms with Crippen LogP contribution in [-0.2, 0) is 6.54 Å². The highest BCUT2D eigenvalue weighted by Crippen LogP contribution is 2.41. The Morgan fingerprint density at radius 2 is 2.00 bits per heavy atom. The topological polar surface area (TPSA) is 32.3 Å². The van der Waals surface area contributed by atoms with Gasteiger partial charge in [0, 0.05) is 12.1 Å². The van der Waals surface area contributed by atoms with Crippen LogP contribution in [0.3, 0.4) is 0 Å². The van der Waals surface area contributed by atoms with Gasteiger partial charge in [-0.05, 0) is 49.1 Å². The van der Waals surface area contributed by atoms with Crippen molar-refractivity contribution in [2.75, 3.05) is 6.61 Å². The van der Waals surface area contributed by atoms with Crippen LogP contribution >= 0.6 is 0 Å². The minimum atomic E-state index is 0.0245. The van der Waals surface area contributed by atoms with Gasteiger partial charge in [0.1, 0.15) is 0 Å². The van der Waals surface area contributed by atoms with Crippen molar-refractivity contribution in [2.24, 2.45) is 0 Å². The van der Waals surface area contributed by atoms with Crippen LogP contribution in [0.5, 0.6) is 0 Å². The Labute approximate surface area is 103 Å². The van der Waals surface area contributed by atoms with Crippen molar-refractivity contribution in [3.05, 3.63) is 35.4 Å². The average molecular weight is 231 g/mol. The smallest absolute Gasteiger partial charge is 0.0613 e. The SMILES string of the molecule is OCC1(NCc2ccccc2C2CC2)CCC1. The molecule has 1 aromatic carbocycles. The number of nitrogens with one attached hydrogen (secondary N) is 1. The predicted molar refractivity (Wildman–Crippen MR) is 68.9 cm³/mol. The fourth-order valence-corrected chi connectivity index (χ4v) is 2.76. The molecule has 92 valence electrons. The van der Waals surface area contributed by atoms with Crippen molar-refractivity contribution in [3.63, 3.8) is 0 Å². The first-order valence-electron chi connectivity index (χ1n) is 6.77. The van der Waals surface area contributed by atoms with Gasteiger partial charge in [-0.2, -0.15) is 0 Å². The molecular formula is C15H21NO. The number of rotatable bonds is 5. The molecule has 3 rings (SSSR count). The molecular weight excluding hydrogens is 210 g/mol. The van der Waals surface area contributed by atoms with Gasteiger partial charge >= 0.3 is 0 Å². The fourth-order valence-electron chi connectivity index (χ4n) is 2.76. The van der Waals surface area contributed by atoms with E-state index in [2.05, 4.69) is 29.6 Å². The normalized spacial score (nSPS) is 22.2. The summed E-state index contributed by atoms with van der Waals surface area (Å²) in [6.07, 6.45) is 6.19. The Morgan fingerprint density at radius 1 is 1.24 bits per heavy atom. The Bertz CT molecular complexity index is 388. The first-order chi connectivity index (χ1) is 8.33. The van der Waals surface area contributed by atoms with E-state index in [4.69, 9.17) is 0 Å². The van der Waals surface area contributed by atoms with E-state index in [-0.39, 0.29) is 12.1 Å². The zero-order chi connectivity index (χ0) is 11.7. The molecule has 0 amide bonds. The van der Waals surface area contributed by atoms with Crippen molar-refractivity contribution < 1.29 is 5.11 Å². The maximum atomic E-state index is 9.44. The van der Waals surface area contributed by atoms with E-state index >= 15 is 0 Å². The molecule has 2 saturated carbocycles. The van der Waals surface area contributed by atoms with Gasteiger partial charge in [-0.1, -0.05) is 24.3 Å². The third-order valence-corrected chi connectivity index (χ3v) is 4.34. The number of aliphatic hydroxyl groups excluding tert-OH is 1. The minimum absolute atomic E-state index is 0.0245. The zero-order valence-corrected chi connectivity index (χ0v) is 10.3. The molecule has 0 heterocycles. The third-order valence-electron chi connectivity index (χ3n) is 4.34. The molecule has 17 heavy (non-hydrogen) atoms. The molecule has 2 nitrogen and oxygen atoms in total.